The largest absolute Gasteiger partial charge is 0.490 e. The number of amides is 2. The molecule has 0 radical (unpaired) electrons. The SMILES string of the molecule is CNC(=O)c1ccc(-c2cnn3ccc(C(=O)N(C)c4ccc(OCCO)cn4)cc23)cc1. The van der Waals surface area contributed by atoms with E-state index in [2.05, 4.69) is 15.4 Å². The maximum Gasteiger partial charge on any atom is 0.259 e. The van der Waals surface area contributed by atoms with E-state index in [1.54, 1.807) is 67.4 Å². The van der Waals surface area contributed by atoms with Gasteiger partial charge in [0.1, 0.15) is 18.2 Å². The van der Waals surface area contributed by atoms with Gasteiger partial charge < -0.3 is 15.2 Å². The number of benzene rings is 1. The van der Waals surface area contributed by atoms with E-state index >= 15 is 0 Å². The summed E-state index contributed by atoms with van der Waals surface area (Å²) in [6, 6.07) is 14.1. The van der Waals surface area contributed by atoms with Crippen LogP contribution in [-0.4, -0.2) is 58.8 Å². The molecule has 0 saturated heterocycles. The fourth-order valence-corrected chi connectivity index (χ4v) is 3.40. The highest BCUT2D eigenvalue weighted by atomic mass is 16.5. The van der Waals surface area contributed by atoms with Crippen molar-refractivity contribution in [1.29, 1.82) is 0 Å². The molecule has 0 atom stereocenters. The Hall–Kier alpha value is -4.24. The number of nitrogens with one attached hydrogen (secondary N) is 1. The van der Waals surface area contributed by atoms with Crippen molar-refractivity contribution in [3.05, 3.63) is 78.2 Å². The fraction of sp³-hybridized carbons (Fsp3) is 0.167. The average Bonchev–Trinajstić information content (AvgIpc) is 3.29. The van der Waals surface area contributed by atoms with Gasteiger partial charge in [0, 0.05) is 37.0 Å². The van der Waals surface area contributed by atoms with Gasteiger partial charge in [-0.1, -0.05) is 12.1 Å². The van der Waals surface area contributed by atoms with Crippen LogP contribution in [0, 0.1) is 0 Å². The van der Waals surface area contributed by atoms with Crippen LogP contribution in [0.2, 0.25) is 0 Å². The standard InChI is InChI=1S/C24H23N5O4/c1-25-23(31)17-5-3-16(4-6-17)20-15-27-29-10-9-18(13-21(20)29)24(32)28(2)22-8-7-19(14-26-22)33-12-11-30/h3-10,13-15,30H,11-12H2,1-2H3,(H,25,31). The molecule has 33 heavy (non-hydrogen) atoms. The van der Waals surface area contributed by atoms with E-state index in [1.165, 1.54) is 11.1 Å². The second-order valence-electron chi connectivity index (χ2n) is 7.25. The Morgan fingerprint density at radius 2 is 1.88 bits per heavy atom. The lowest BCUT2D eigenvalue weighted by Crippen LogP contribution is -2.27. The van der Waals surface area contributed by atoms with Gasteiger partial charge >= 0.3 is 0 Å². The number of fused-ring (bicyclic) bond motifs is 1. The summed E-state index contributed by atoms with van der Waals surface area (Å²) in [5.74, 6) is 0.603. The molecule has 2 amide bonds. The zero-order valence-electron chi connectivity index (χ0n) is 18.2. The van der Waals surface area contributed by atoms with Crippen LogP contribution in [0.25, 0.3) is 16.6 Å². The van der Waals surface area contributed by atoms with Gasteiger partial charge in [-0.25, -0.2) is 9.50 Å². The minimum absolute atomic E-state index is 0.0859. The highest BCUT2D eigenvalue weighted by molar-refractivity contribution is 6.06. The summed E-state index contributed by atoms with van der Waals surface area (Å²) in [5.41, 5.74) is 3.55. The lowest BCUT2D eigenvalue weighted by atomic mass is 10.0. The second-order valence-corrected chi connectivity index (χ2v) is 7.25. The van der Waals surface area contributed by atoms with Gasteiger partial charge in [-0.3, -0.25) is 14.5 Å². The predicted octanol–water partition coefficient (Wildman–Crippen LogP) is 2.40. The Labute approximate surface area is 190 Å². The van der Waals surface area contributed by atoms with Crippen LogP contribution in [0.3, 0.4) is 0 Å². The van der Waals surface area contributed by atoms with Crippen molar-refractivity contribution in [2.75, 3.05) is 32.2 Å². The summed E-state index contributed by atoms with van der Waals surface area (Å²) < 4.78 is 7.01. The number of hydrogen-bond donors (Lipinski definition) is 2. The molecule has 3 heterocycles. The van der Waals surface area contributed by atoms with Crippen molar-refractivity contribution in [1.82, 2.24) is 19.9 Å². The molecule has 9 nitrogen and oxygen atoms in total. The average molecular weight is 445 g/mol. The number of aliphatic hydroxyl groups is 1. The number of ether oxygens (including phenoxy) is 1. The number of pyridine rings is 2. The first-order chi connectivity index (χ1) is 16.0. The van der Waals surface area contributed by atoms with Crippen molar-refractivity contribution in [2.45, 2.75) is 0 Å². The van der Waals surface area contributed by atoms with Crippen LogP contribution in [0.15, 0.2) is 67.1 Å². The summed E-state index contributed by atoms with van der Waals surface area (Å²) in [6.45, 7) is 0.0927. The van der Waals surface area contributed by atoms with Crippen molar-refractivity contribution >= 4 is 23.1 Å². The van der Waals surface area contributed by atoms with E-state index in [0.717, 1.165) is 16.6 Å². The lowest BCUT2D eigenvalue weighted by Gasteiger charge is -2.17. The van der Waals surface area contributed by atoms with E-state index in [9.17, 15) is 9.59 Å². The first-order valence-electron chi connectivity index (χ1n) is 10.3. The molecule has 0 unspecified atom stereocenters. The molecule has 0 aliphatic carbocycles. The maximum absolute atomic E-state index is 13.1. The molecule has 9 heteroatoms. The van der Waals surface area contributed by atoms with Gasteiger partial charge in [-0.2, -0.15) is 5.10 Å². The number of carbonyl (C=O) groups excluding carboxylic acids is 2. The first-order valence-corrected chi connectivity index (χ1v) is 10.3. The van der Waals surface area contributed by atoms with Crippen LogP contribution >= 0.6 is 0 Å². The van der Waals surface area contributed by atoms with Crippen molar-refractivity contribution in [2.24, 2.45) is 0 Å². The third-order valence-corrected chi connectivity index (χ3v) is 5.18. The third-order valence-electron chi connectivity index (χ3n) is 5.18. The zero-order valence-corrected chi connectivity index (χ0v) is 18.2. The molecule has 4 rings (SSSR count). The monoisotopic (exact) mass is 445 g/mol. The Kier molecular flexibility index (Phi) is 6.32. The van der Waals surface area contributed by atoms with E-state index in [0.29, 0.717) is 22.7 Å². The molecule has 0 spiro atoms. The lowest BCUT2D eigenvalue weighted by molar-refractivity contribution is 0.0961. The van der Waals surface area contributed by atoms with E-state index in [1.807, 2.05) is 12.1 Å². The molecule has 3 aromatic heterocycles. The van der Waals surface area contributed by atoms with E-state index in [-0.39, 0.29) is 25.0 Å². The molecule has 0 bridgehead atoms. The van der Waals surface area contributed by atoms with Crippen LogP contribution in [-0.2, 0) is 0 Å². The number of rotatable bonds is 7. The zero-order chi connectivity index (χ0) is 23.4. The van der Waals surface area contributed by atoms with Crippen molar-refractivity contribution in [3.63, 3.8) is 0 Å². The summed E-state index contributed by atoms with van der Waals surface area (Å²) >= 11 is 0. The molecule has 2 N–H and O–H groups in total. The summed E-state index contributed by atoms with van der Waals surface area (Å²) in [4.78, 5) is 30.6. The number of carbonyl (C=O) groups is 2. The number of nitrogens with zero attached hydrogens (tertiary/aromatic N) is 4. The molecule has 0 saturated carbocycles. The Balaban J connectivity index is 1.60. The summed E-state index contributed by atoms with van der Waals surface area (Å²) in [5, 5.41) is 15.8. The Morgan fingerprint density at radius 3 is 2.55 bits per heavy atom. The van der Waals surface area contributed by atoms with Crippen LogP contribution in [0.4, 0.5) is 5.82 Å². The van der Waals surface area contributed by atoms with E-state index < -0.39 is 0 Å². The van der Waals surface area contributed by atoms with Crippen LogP contribution < -0.4 is 15.0 Å². The normalized spacial score (nSPS) is 10.8. The van der Waals surface area contributed by atoms with Gasteiger partial charge in [-0.15, -0.1) is 0 Å². The number of hydrogen-bond acceptors (Lipinski definition) is 6. The first kappa shape index (κ1) is 22.0. The summed E-state index contributed by atoms with van der Waals surface area (Å²) in [7, 11) is 3.24. The number of anilines is 1. The maximum atomic E-state index is 13.1. The number of aliphatic hydroxyl groups excluding tert-OH is 1. The van der Waals surface area contributed by atoms with Crippen molar-refractivity contribution < 1.29 is 19.4 Å². The van der Waals surface area contributed by atoms with Gasteiger partial charge in [0.15, 0.2) is 0 Å². The van der Waals surface area contributed by atoms with Crippen molar-refractivity contribution in [3.8, 4) is 16.9 Å². The highest BCUT2D eigenvalue weighted by Crippen LogP contribution is 2.26. The molecular weight excluding hydrogens is 422 g/mol. The van der Waals surface area contributed by atoms with Gasteiger partial charge in [0.25, 0.3) is 11.8 Å². The minimum atomic E-state index is -0.226. The molecule has 1 aromatic carbocycles. The van der Waals surface area contributed by atoms with Crippen LogP contribution in [0.1, 0.15) is 20.7 Å². The molecule has 168 valence electrons. The molecule has 0 aliphatic rings. The molecule has 0 aliphatic heterocycles. The predicted molar refractivity (Wildman–Crippen MR) is 124 cm³/mol. The Bertz CT molecular complexity index is 1280. The fourth-order valence-electron chi connectivity index (χ4n) is 3.40. The molecule has 4 aromatic rings. The summed E-state index contributed by atoms with van der Waals surface area (Å²) in [6.07, 6.45) is 4.97. The van der Waals surface area contributed by atoms with E-state index in [4.69, 9.17) is 9.84 Å². The topological polar surface area (TPSA) is 109 Å². The smallest absolute Gasteiger partial charge is 0.259 e. The van der Waals surface area contributed by atoms with Gasteiger partial charge in [-0.05, 0) is 42.0 Å². The minimum Gasteiger partial charge on any atom is -0.490 e. The van der Waals surface area contributed by atoms with Crippen LogP contribution in [0.5, 0.6) is 5.75 Å². The van der Waals surface area contributed by atoms with Gasteiger partial charge in [0.05, 0.1) is 24.5 Å². The quantitative estimate of drug-likeness (QED) is 0.452. The number of aromatic nitrogens is 3. The third kappa shape index (κ3) is 4.53. The molecule has 0 fully saturated rings. The molecular formula is C24H23N5O4. The highest BCUT2D eigenvalue weighted by Gasteiger charge is 2.17. The van der Waals surface area contributed by atoms with Gasteiger partial charge in [0.2, 0.25) is 0 Å². The Morgan fingerprint density at radius 1 is 1.09 bits per heavy atom. The second kappa shape index (κ2) is 9.49.